The van der Waals surface area contributed by atoms with Gasteiger partial charge in [0.15, 0.2) is 0 Å². The maximum atomic E-state index is 13.1. The summed E-state index contributed by atoms with van der Waals surface area (Å²) in [7, 11) is 0. The Balaban J connectivity index is 3.50. The fourth-order valence-electron chi connectivity index (χ4n) is 2.87. The van der Waals surface area contributed by atoms with Crippen molar-refractivity contribution in [3.63, 3.8) is 0 Å². The SMILES string of the molecule is CCCCC(CC)c1cc(C(F)(F)F)cc(C(N)=O)c1CC. The highest BCUT2D eigenvalue weighted by atomic mass is 19.4. The lowest BCUT2D eigenvalue weighted by atomic mass is 9.83. The van der Waals surface area contributed by atoms with Gasteiger partial charge in [-0.3, -0.25) is 4.79 Å². The van der Waals surface area contributed by atoms with E-state index in [9.17, 15) is 18.0 Å². The number of hydrogen-bond donors (Lipinski definition) is 1. The number of primary amides is 1. The second kappa shape index (κ2) is 7.65. The predicted molar refractivity (Wildman–Crippen MR) is 81.9 cm³/mol. The van der Waals surface area contributed by atoms with Gasteiger partial charge in [-0.05, 0) is 48.4 Å². The van der Waals surface area contributed by atoms with Crippen molar-refractivity contribution in [2.75, 3.05) is 0 Å². The van der Waals surface area contributed by atoms with Crippen LogP contribution in [0.2, 0.25) is 0 Å². The van der Waals surface area contributed by atoms with Crippen LogP contribution in [0.15, 0.2) is 12.1 Å². The van der Waals surface area contributed by atoms with E-state index in [0.717, 1.165) is 31.7 Å². The molecular weight excluding hydrogens is 291 g/mol. The van der Waals surface area contributed by atoms with Crippen molar-refractivity contribution in [3.05, 3.63) is 34.4 Å². The van der Waals surface area contributed by atoms with Gasteiger partial charge in [0.1, 0.15) is 0 Å². The first-order valence-electron chi connectivity index (χ1n) is 7.79. The largest absolute Gasteiger partial charge is 0.416 e. The van der Waals surface area contributed by atoms with Gasteiger partial charge in [0.25, 0.3) is 0 Å². The Hall–Kier alpha value is -1.52. The minimum Gasteiger partial charge on any atom is -0.366 e. The van der Waals surface area contributed by atoms with E-state index in [0.29, 0.717) is 17.5 Å². The van der Waals surface area contributed by atoms with Gasteiger partial charge in [0.05, 0.1) is 5.56 Å². The third-order valence-electron chi connectivity index (χ3n) is 4.07. The normalized spacial score (nSPS) is 13.2. The van der Waals surface area contributed by atoms with Crippen molar-refractivity contribution >= 4 is 5.91 Å². The van der Waals surface area contributed by atoms with Crippen molar-refractivity contribution in [1.29, 1.82) is 0 Å². The number of carbonyl (C=O) groups is 1. The Bertz CT molecular complexity index is 523. The summed E-state index contributed by atoms with van der Waals surface area (Å²) in [4.78, 5) is 11.6. The van der Waals surface area contributed by atoms with E-state index in [4.69, 9.17) is 5.73 Å². The molecule has 1 aromatic carbocycles. The molecule has 0 heterocycles. The van der Waals surface area contributed by atoms with Gasteiger partial charge < -0.3 is 5.73 Å². The summed E-state index contributed by atoms with van der Waals surface area (Å²) >= 11 is 0. The third kappa shape index (κ3) is 4.24. The molecule has 1 aromatic rings. The fourth-order valence-corrected chi connectivity index (χ4v) is 2.87. The summed E-state index contributed by atoms with van der Waals surface area (Å²) in [6.45, 7) is 5.85. The maximum absolute atomic E-state index is 13.1. The van der Waals surface area contributed by atoms with E-state index >= 15 is 0 Å². The second-order valence-electron chi connectivity index (χ2n) is 5.55. The molecular formula is C17H24F3NO. The number of carbonyl (C=O) groups excluding carboxylic acids is 1. The van der Waals surface area contributed by atoms with Crippen molar-refractivity contribution in [1.82, 2.24) is 0 Å². The molecule has 0 fully saturated rings. The van der Waals surface area contributed by atoms with Crippen molar-refractivity contribution in [2.45, 2.75) is 65.0 Å². The number of halogens is 3. The summed E-state index contributed by atoms with van der Waals surface area (Å²) < 4.78 is 39.3. The number of nitrogens with two attached hydrogens (primary N) is 1. The summed E-state index contributed by atoms with van der Waals surface area (Å²) in [5.74, 6) is -0.773. The van der Waals surface area contributed by atoms with Crippen LogP contribution >= 0.6 is 0 Å². The zero-order valence-corrected chi connectivity index (χ0v) is 13.4. The molecule has 22 heavy (non-hydrogen) atoms. The van der Waals surface area contributed by atoms with Gasteiger partial charge in [0, 0.05) is 5.56 Å². The zero-order chi connectivity index (χ0) is 16.9. The van der Waals surface area contributed by atoms with Crippen LogP contribution in [0, 0.1) is 0 Å². The van der Waals surface area contributed by atoms with Gasteiger partial charge in [-0.25, -0.2) is 0 Å². The van der Waals surface area contributed by atoms with Gasteiger partial charge in [0.2, 0.25) is 5.91 Å². The molecule has 0 saturated carbocycles. The van der Waals surface area contributed by atoms with E-state index in [1.165, 1.54) is 6.07 Å². The molecule has 1 amide bonds. The Morgan fingerprint density at radius 3 is 2.27 bits per heavy atom. The lowest BCUT2D eigenvalue weighted by molar-refractivity contribution is -0.137. The topological polar surface area (TPSA) is 43.1 Å². The summed E-state index contributed by atoms with van der Waals surface area (Å²) in [5.41, 5.74) is 5.80. The molecule has 0 aliphatic rings. The Labute approximate surface area is 129 Å². The average molecular weight is 315 g/mol. The minimum atomic E-state index is -4.48. The van der Waals surface area contributed by atoms with E-state index in [2.05, 4.69) is 6.92 Å². The Morgan fingerprint density at radius 1 is 1.23 bits per heavy atom. The van der Waals surface area contributed by atoms with Crippen molar-refractivity contribution < 1.29 is 18.0 Å². The molecule has 2 nitrogen and oxygen atoms in total. The smallest absolute Gasteiger partial charge is 0.366 e. The predicted octanol–water partition coefficient (Wildman–Crippen LogP) is 5.05. The number of amides is 1. The number of rotatable bonds is 7. The van der Waals surface area contributed by atoms with E-state index in [1.54, 1.807) is 0 Å². The van der Waals surface area contributed by atoms with Gasteiger partial charge in [-0.2, -0.15) is 13.2 Å². The van der Waals surface area contributed by atoms with Crippen LogP contribution in [0.3, 0.4) is 0 Å². The quantitative estimate of drug-likeness (QED) is 0.751. The monoisotopic (exact) mass is 315 g/mol. The highest BCUT2D eigenvalue weighted by Gasteiger charge is 2.33. The highest BCUT2D eigenvalue weighted by molar-refractivity contribution is 5.95. The first-order valence-corrected chi connectivity index (χ1v) is 7.79. The number of alkyl halides is 3. The molecule has 124 valence electrons. The summed E-state index contributed by atoms with van der Waals surface area (Å²) in [6.07, 6.45) is -0.488. The fraction of sp³-hybridized carbons (Fsp3) is 0.588. The summed E-state index contributed by atoms with van der Waals surface area (Å²) in [6, 6.07) is 2.09. The van der Waals surface area contributed by atoms with Crippen LogP contribution < -0.4 is 5.73 Å². The third-order valence-corrected chi connectivity index (χ3v) is 4.07. The standard InChI is InChI=1S/C17H24F3NO/c1-4-7-8-11(5-2)14-9-12(17(18,19)20)10-15(16(21)22)13(14)6-3/h9-11H,4-8H2,1-3H3,(H2,21,22). The van der Waals surface area contributed by atoms with E-state index in [1.807, 2.05) is 13.8 Å². The molecule has 2 N–H and O–H groups in total. The molecule has 0 radical (unpaired) electrons. The van der Waals surface area contributed by atoms with Crippen LogP contribution in [0.4, 0.5) is 13.2 Å². The Morgan fingerprint density at radius 2 is 1.86 bits per heavy atom. The molecule has 0 bridgehead atoms. The highest BCUT2D eigenvalue weighted by Crippen LogP contribution is 2.37. The summed E-state index contributed by atoms with van der Waals surface area (Å²) in [5, 5.41) is 0. The Kier molecular flexibility index (Phi) is 6.45. The lowest BCUT2D eigenvalue weighted by Crippen LogP contribution is -2.19. The van der Waals surface area contributed by atoms with Crippen molar-refractivity contribution in [2.24, 2.45) is 5.73 Å². The van der Waals surface area contributed by atoms with Crippen LogP contribution in [0.25, 0.3) is 0 Å². The number of hydrogen-bond acceptors (Lipinski definition) is 1. The van der Waals surface area contributed by atoms with E-state index < -0.39 is 17.6 Å². The first-order chi connectivity index (χ1) is 10.3. The molecule has 0 aliphatic carbocycles. The molecule has 1 rings (SSSR count). The lowest BCUT2D eigenvalue weighted by Gasteiger charge is -2.22. The molecule has 0 spiro atoms. The van der Waals surface area contributed by atoms with Crippen LogP contribution in [-0.4, -0.2) is 5.91 Å². The first kappa shape index (κ1) is 18.5. The molecule has 0 aliphatic heterocycles. The van der Waals surface area contributed by atoms with Gasteiger partial charge >= 0.3 is 6.18 Å². The molecule has 1 atom stereocenters. The van der Waals surface area contributed by atoms with Gasteiger partial charge in [-0.15, -0.1) is 0 Å². The van der Waals surface area contributed by atoms with Crippen molar-refractivity contribution in [3.8, 4) is 0 Å². The van der Waals surface area contributed by atoms with Crippen LogP contribution in [0.5, 0.6) is 0 Å². The number of benzene rings is 1. The molecule has 5 heteroatoms. The van der Waals surface area contributed by atoms with Gasteiger partial charge in [-0.1, -0.05) is 33.6 Å². The minimum absolute atomic E-state index is 0.00211. The number of unbranched alkanes of at least 4 members (excludes halogenated alkanes) is 1. The van der Waals surface area contributed by atoms with Crippen LogP contribution in [-0.2, 0) is 12.6 Å². The van der Waals surface area contributed by atoms with E-state index in [-0.39, 0.29) is 11.5 Å². The molecule has 0 saturated heterocycles. The maximum Gasteiger partial charge on any atom is 0.416 e. The van der Waals surface area contributed by atoms with Crippen LogP contribution in [0.1, 0.15) is 79.4 Å². The molecule has 1 unspecified atom stereocenters. The zero-order valence-electron chi connectivity index (χ0n) is 13.4. The average Bonchev–Trinajstić information content (AvgIpc) is 2.45. The molecule has 0 aromatic heterocycles. The second-order valence-corrected chi connectivity index (χ2v) is 5.55.